The summed E-state index contributed by atoms with van der Waals surface area (Å²) in [5.74, 6) is 2.81. The molecular formula is C8H17N3OS. The molecule has 0 amide bonds. The lowest BCUT2D eigenvalue weighted by molar-refractivity contribution is 0.316. The van der Waals surface area contributed by atoms with E-state index in [-0.39, 0.29) is 0 Å². The maximum Gasteiger partial charge on any atom is 0.140 e. The fraction of sp³-hybridized carbons (Fsp3) is 0.875. The predicted molar refractivity (Wildman–Crippen MR) is 56.4 cm³/mol. The van der Waals surface area contributed by atoms with E-state index in [4.69, 9.17) is 10.9 Å². The quantitative estimate of drug-likeness (QED) is 0.271. The van der Waals surface area contributed by atoms with E-state index >= 15 is 0 Å². The topological polar surface area (TPSA) is 70.6 Å². The number of hydrogen-bond donors (Lipinski definition) is 3. The van der Waals surface area contributed by atoms with Crippen LogP contribution in [0.3, 0.4) is 0 Å². The molecule has 1 saturated heterocycles. The molecule has 1 heterocycles. The van der Waals surface area contributed by atoms with Crippen LogP contribution in [0.2, 0.25) is 0 Å². The molecule has 0 saturated carbocycles. The van der Waals surface area contributed by atoms with Gasteiger partial charge in [0.1, 0.15) is 5.84 Å². The summed E-state index contributed by atoms with van der Waals surface area (Å²) in [5.41, 5.74) is 5.34. The van der Waals surface area contributed by atoms with Crippen LogP contribution in [0.4, 0.5) is 0 Å². The Hall–Kier alpha value is -0.420. The largest absolute Gasteiger partial charge is 0.409 e. The first-order chi connectivity index (χ1) is 6.33. The van der Waals surface area contributed by atoms with Gasteiger partial charge in [0.2, 0.25) is 0 Å². The van der Waals surface area contributed by atoms with E-state index in [1.807, 2.05) is 11.8 Å². The van der Waals surface area contributed by atoms with Crippen LogP contribution in [-0.2, 0) is 0 Å². The molecule has 0 radical (unpaired) electrons. The van der Waals surface area contributed by atoms with E-state index in [2.05, 4.69) is 10.5 Å². The highest BCUT2D eigenvalue weighted by Gasteiger charge is 2.12. The molecule has 4 N–H and O–H groups in total. The van der Waals surface area contributed by atoms with Crippen LogP contribution in [0, 0.1) is 0 Å². The fourth-order valence-corrected chi connectivity index (χ4v) is 2.46. The summed E-state index contributed by atoms with van der Waals surface area (Å²) in [6, 6.07) is 0.632. The number of thioether (sulfide) groups is 1. The average Bonchev–Trinajstić information content (AvgIpc) is 2.19. The van der Waals surface area contributed by atoms with Gasteiger partial charge in [-0.25, -0.2) is 0 Å². The molecule has 0 aliphatic carbocycles. The van der Waals surface area contributed by atoms with Gasteiger partial charge in [0.15, 0.2) is 0 Å². The molecule has 1 rings (SSSR count). The molecule has 0 unspecified atom stereocenters. The predicted octanol–water partition coefficient (Wildman–Crippen LogP) is 0.608. The van der Waals surface area contributed by atoms with Gasteiger partial charge < -0.3 is 16.3 Å². The number of oxime groups is 1. The number of rotatable bonds is 4. The molecule has 1 aliphatic heterocycles. The van der Waals surface area contributed by atoms with E-state index in [0.717, 1.165) is 6.54 Å². The lowest BCUT2D eigenvalue weighted by Gasteiger charge is -2.22. The Morgan fingerprint density at radius 3 is 2.85 bits per heavy atom. The van der Waals surface area contributed by atoms with Crippen LogP contribution in [-0.4, -0.2) is 35.1 Å². The minimum Gasteiger partial charge on any atom is -0.409 e. The smallest absolute Gasteiger partial charge is 0.140 e. The van der Waals surface area contributed by atoms with Gasteiger partial charge in [-0.3, -0.25) is 0 Å². The Kier molecular flexibility index (Phi) is 5.00. The maximum absolute atomic E-state index is 8.30. The first-order valence-corrected chi connectivity index (χ1v) is 5.76. The zero-order chi connectivity index (χ0) is 9.52. The maximum atomic E-state index is 8.30. The van der Waals surface area contributed by atoms with E-state index in [0.29, 0.717) is 18.3 Å². The number of amidine groups is 1. The highest BCUT2D eigenvalue weighted by molar-refractivity contribution is 7.99. The molecule has 0 aromatic carbocycles. The first-order valence-electron chi connectivity index (χ1n) is 4.60. The zero-order valence-electron chi connectivity index (χ0n) is 7.70. The molecule has 0 bridgehead atoms. The fourth-order valence-electron chi connectivity index (χ4n) is 1.36. The third-order valence-electron chi connectivity index (χ3n) is 2.16. The van der Waals surface area contributed by atoms with Crippen LogP contribution >= 0.6 is 11.8 Å². The van der Waals surface area contributed by atoms with E-state index in [1.54, 1.807) is 0 Å². The Balaban J connectivity index is 2.04. The van der Waals surface area contributed by atoms with Crippen molar-refractivity contribution < 1.29 is 5.21 Å². The molecule has 1 fully saturated rings. The second-order valence-corrected chi connectivity index (χ2v) is 4.41. The first kappa shape index (κ1) is 10.7. The normalized spacial score (nSPS) is 20.5. The Morgan fingerprint density at radius 2 is 2.23 bits per heavy atom. The average molecular weight is 203 g/mol. The monoisotopic (exact) mass is 203 g/mol. The summed E-state index contributed by atoms with van der Waals surface area (Å²) in [6.07, 6.45) is 3.10. The number of nitrogens with two attached hydrogens (primary N) is 1. The summed E-state index contributed by atoms with van der Waals surface area (Å²) in [5, 5.41) is 14.6. The van der Waals surface area contributed by atoms with Gasteiger partial charge in [0, 0.05) is 19.0 Å². The van der Waals surface area contributed by atoms with Gasteiger partial charge in [0.25, 0.3) is 0 Å². The van der Waals surface area contributed by atoms with Crippen molar-refractivity contribution in [2.75, 3.05) is 18.1 Å². The lowest BCUT2D eigenvalue weighted by atomic mass is 10.1. The second-order valence-electron chi connectivity index (χ2n) is 3.18. The standard InChI is InChI=1S/C8H17N3OS/c9-8(11-12)1-4-10-7-2-5-13-6-3-7/h7,10,12H,1-6H2,(H2,9,11). The van der Waals surface area contributed by atoms with Crippen molar-refractivity contribution in [2.45, 2.75) is 25.3 Å². The van der Waals surface area contributed by atoms with Crippen molar-refractivity contribution in [3.8, 4) is 0 Å². The lowest BCUT2D eigenvalue weighted by Crippen LogP contribution is -2.34. The van der Waals surface area contributed by atoms with Crippen LogP contribution in [0.15, 0.2) is 5.16 Å². The molecule has 0 aromatic heterocycles. The minimum atomic E-state index is 0.303. The van der Waals surface area contributed by atoms with Gasteiger partial charge in [0.05, 0.1) is 0 Å². The molecular weight excluding hydrogens is 186 g/mol. The van der Waals surface area contributed by atoms with Crippen LogP contribution in [0.25, 0.3) is 0 Å². The Morgan fingerprint density at radius 1 is 1.54 bits per heavy atom. The summed E-state index contributed by atoms with van der Waals surface area (Å²) in [4.78, 5) is 0. The third-order valence-corrected chi connectivity index (χ3v) is 3.21. The summed E-state index contributed by atoms with van der Waals surface area (Å²) in [6.45, 7) is 0.811. The van der Waals surface area contributed by atoms with Gasteiger partial charge >= 0.3 is 0 Å². The molecule has 1 aliphatic rings. The Labute approximate surface area is 82.9 Å². The van der Waals surface area contributed by atoms with Crippen LogP contribution in [0.5, 0.6) is 0 Å². The van der Waals surface area contributed by atoms with Gasteiger partial charge in [-0.2, -0.15) is 11.8 Å². The number of nitrogens with one attached hydrogen (secondary N) is 1. The van der Waals surface area contributed by atoms with E-state index in [9.17, 15) is 0 Å². The number of hydrogen-bond acceptors (Lipinski definition) is 4. The van der Waals surface area contributed by atoms with Crippen LogP contribution in [0.1, 0.15) is 19.3 Å². The number of nitrogens with zero attached hydrogens (tertiary/aromatic N) is 1. The highest BCUT2D eigenvalue weighted by Crippen LogP contribution is 2.16. The summed E-state index contributed by atoms with van der Waals surface area (Å²) < 4.78 is 0. The third kappa shape index (κ3) is 4.38. The van der Waals surface area contributed by atoms with Crippen molar-refractivity contribution in [2.24, 2.45) is 10.9 Å². The molecule has 0 aromatic rings. The van der Waals surface area contributed by atoms with Gasteiger partial charge in [-0.1, -0.05) is 5.16 Å². The summed E-state index contributed by atoms with van der Waals surface area (Å²) in [7, 11) is 0. The van der Waals surface area contributed by atoms with Gasteiger partial charge in [-0.15, -0.1) is 0 Å². The molecule has 13 heavy (non-hydrogen) atoms. The molecule has 4 nitrogen and oxygen atoms in total. The molecule has 5 heteroatoms. The zero-order valence-corrected chi connectivity index (χ0v) is 8.52. The van der Waals surface area contributed by atoms with Crippen molar-refractivity contribution in [3.63, 3.8) is 0 Å². The van der Waals surface area contributed by atoms with E-state index < -0.39 is 0 Å². The molecule has 0 spiro atoms. The van der Waals surface area contributed by atoms with E-state index in [1.165, 1.54) is 24.3 Å². The molecule has 76 valence electrons. The highest BCUT2D eigenvalue weighted by atomic mass is 32.2. The Bertz CT molecular complexity index is 169. The SMILES string of the molecule is NC(CCNC1CCSCC1)=NO. The van der Waals surface area contributed by atoms with Crippen molar-refractivity contribution in [3.05, 3.63) is 0 Å². The molecule has 0 atom stereocenters. The van der Waals surface area contributed by atoms with Crippen molar-refractivity contribution >= 4 is 17.6 Å². The second kappa shape index (κ2) is 6.10. The van der Waals surface area contributed by atoms with Crippen molar-refractivity contribution in [1.29, 1.82) is 0 Å². The van der Waals surface area contributed by atoms with Gasteiger partial charge in [-0.05, 0) is 24.3 Å². The summed E-state index contributed by atoms with van der Waals surface area (Å²) >= 11 is 2.01. The van der Waals surface area contributed by atoms with Crippen molar-refractivity contribution in [1.82, 2.24) is 5.32 Å². The minimum absolute atomic E-state index is 0.303. The van der Waals surface area contributed by atoms with Crippen LogP contribution < -0.4 is 11.1 Å².